The van der Waals surface area contributed by atoms with Gasteiger partial charge in [0.25, 0.3) is 0 Å². The monoisotopic (exact) mass is 352 g/mol. The van der Waals surface area contributed by atoms with E-state index in [0.717, 1.165) is 29.5 Å². The van der Waals surface area contributed by atoms with Crippen molar-refractivity contribution in [3.63, 3.8) is 0 Å². The summed E-state index contributed by atoms with van der Waals surface area (Å²) < 4.78 is 1.13. The van der Waals surface area contributed by atoms with Gasteiger partial charge in [0.15, 0.2) is 0 Å². The molecule has 0 amide bonds. The van der Waals surface area contributed by atoms with Crippen LogP contribution in [0.1, 0.15) is 39.0 Å². The third-order valence-electron chi connectivity index (χ3n) is 3.48. The SMILES string of the molecule is CC(C#N)(CCCCSc1cccc(Br)c1)NC1CC1. The van der Waals surface area contributed by atoms with Crippen molar-refractivity contribution >= 4 is 27.7 Å². The van der Waals surface area contributed by atoms with Gasteiger partial charge in [0.05, 0.1) is 6.07 Å². The lowest BCUT2D eigenvalue weighted by atomic mass is 9.96. The summed E-state index contributed by atoms with van der Waals surface area (Å²) in [4.78, 5) is 1.30. The number of nitriles is 1. The van der Waals surface area contributed by atoms with Crippen LogP contribution in [0.3, 0.4) is 0 Å². The summed E-state index contributed by atoms with van der Waals surface area (Å²) in [5.74, 6) is 1.11. The Morgan fingerprint density at radius 2 is 2.25 bits per heavy atom. The topological polar surface area (TPSA) is 35.8 Å². The molecule has 0 spiro atoms. The molecule has 1 N–H and O–H groups in total. The minimum absolute atomic E-state index is 0.332. The fourth-order valence-electron chi connectivity index (χ4n) is 2.17. The molecule has 4 heteroatoms. The van der Waals surface area contributed by atoms with Gasteiger partial charge >= 0.3 is 0 Å². The van der Waals surface area contributed by atoms with Crippen LogP contribution in [0.25, 0.3) is 0 Å². The van der Waals surface area contributed by atoms with E-state index in [1.54, 1.807) is 0 Å². The molecule has 0 aromatic heterocycles. The first kappa shape index (κ1) is 15.9. The van der Waals surface area contributed by atoms with E-state index >= 15 is 0 Å². The van der Waals surface area contributed by atoms with Crippen molar-refractivity contribution in [2.24, 2.45) is 0 Å². The third kappa shape index (κ3) is 5.47. The summed E-state index contributed by atoms with van der Waals surface area (Å²) >= 11 is 5.38. The molecule has 20 heavy (non-hydrogen) atoms. The van der Waals surface area contributed by atoms with Gasteiger partial charge in [0, 0.05) is 15.4 Å². The fraction of sp³-hybridized carbons (Fsp3) is 0.562. The lowest BCUT2D eigenvalue weighted by Crippen LogP contribution is -2.42. The molecule has 0 aliphatic heterocycles. The van der Waals surface area contributed by atoms with Gasteiger partial charge in [-0.15, -0.1) is 11.8 Å². The molecule has 108 valence electrons. The zero-order valence-electron chi connectivity index (χ0n) is 11.9. The van der Waals surface area contributed by atoms with Crippen LogP contribution in [-0.4, -0.2) is 17.3 Å². The van der Waals surface area contributed by atoms with Gasteiger partial charge in [-0.3, -0.25) is 5.32 Å². The number of benzene rings is 1. The Labute approximate surface area is 134 Å². The third-order valence-corrected chi connectivity index (χ3v) is 5.06. The van der Waals surface area contributed by atoms with Gasteiger partial charge in [0.2, 0.25) is 0 Å². The van der Waals surface area contributed by atoms with Gasteiger partial charge in [-0.25, -0.2) is 0 Å². The smallest absolute Gasteiger partial charge is 0.104 e. The molecule has 1 aromatic rings. The molecule has 1 aliphatic carbocycles. The number of hydrogen-bond acceptors (Lipinski definition) is 3. The molecule has 0 saturated heterocycles. The highest BCUT2D eigenvalue weighted by Gasteiger charge is 2.31. The molecular weight excluding hydrogens is 332 g/mol. The average molecular weight is 353 g/mol. The van der Waals surface area contributed by atoms with E-state index in [4.69, 9.17) is 0 Å². The van der Waals surface area contributed by atoms with Crippen molar-refractivity contribution in [3.8, 4) is 6.07 Å². The van der Waals surface area contributed by atoms with Crippen LogP contribution in [0.15, 0.2) is 33.6 Å². The minimum Gasteiger partial charge on any atom is -0.297 e. The first-order chi connectivity index (χ1) is 9.61. The van der Waals surface area contributed by atoms with E-state index in [-0.39, 0.29) is 5.54 Å². The number of thioether (sulfide) groups is 1. The molecule has 1 unspecified atom stereocenters. The highest BCUT2D eigenvalue weighted by Crippen LogP contribution is 2.26. The van der Waals surface area contributed by atoms with Crippen molar-refractivity contribution in [2.45, 2.75) is 55.5 Å². The predicted octanol–water partition coefficient (Wildman–Crippen LogP) is 4.75. The molecule has 2 rings (SSSR count). The van der Waals surface area contributed by atoms with Crippen molar-refractivity contribution < 1.29 is 0 Å². The van der Waals surface area contributed by atoms with Crippen LogP contribution < -0.4 is 5.32 Å². The molecule has 0 heterocycles. The van der Waals surface area contributed by atoms with E-state index in [0.29, 0.717) is 6.04 Å². The second-order valence-electron chi connectivity index (χ2n) is 5.63. The predicted molar refractivity (Wildman–Crippen MR) is 88.9 cm³/mol. The highest BCUT2D eigenvalue weighted by molar-refractivity contribution is 9.10. The molecule has 1 aromatic carbocycles. The lowest BCUT2D eigenvalue weighted by molar-refractivity contribution is 0.402. The maximum Gasteiger partial charge on any atom is 0.104 e. The number of rotatable bonds is 8. The maximum atomic E-state index is 9.30. The van der Waals surface area contributed by atoms with E-state index < -0.39 is 0 Å². The Morgan fingerprint density at radius 1 is 1.45 bits per heavy atom. The Morgan fingerprint density at radius 3 is 2.90 bits per heavy atom. The molecule has 0 radical (unpaired) electrons. The van der Waals surface area contributed by atoms with E-state index in [9.17, 15) is 5.26 Å². The van der Waals surface area contributed by atoms with Gasteiger partial charge in [0.1, 0.15) is 5.54 Å². The van der Waals surface area contributed by atoms with Crippen molar-refractivity contribution in [1.82, 2.24) is 5.32 Å². The van der Waals surface area contributed by atoms with Crippen molar-refractivity contribution in [1.29, 1.82) is 5.26 Å². The van der Waals surface area contributed by atoms with E-state index in [1.165, 1.54) is 17.7 Å². The van der Waals surface area contributed by atoms with E-state index in [2.05, 4.69) is 45.5 Å². The largest absolute Gasteiger partial charge is 0.297 e. The zero-order valence-corrected chi connectivity index (χ0v) is 14.3. The number of hydrogen-bond donors (Lipinski definition) is 1. The molecular formula is C16H21BrN2S. The van der Waals surface area contributed by atoms with Crippen LogP contribution in [0.5, 0.6) is 0 Å². The first-order valence-electron chi connectivity index (χ1n) is 7.19. The minimum atomic E-state index is -0.332. The first-order valence-corrected chi connectivity index (χ1v) is 8.96. The number of nitrogens with one attached hydrogen (secondary N) is 1. The number of nitrogens with zero attached hydrogens (tertiary/aromatic N) is 1. The molecule has 0 bridgehead atoms. The van der Waals surface area contributed by atoms with Crippen LogP contribution in [0.4, 0.5) is 0 Å². The van der Waals surface area contributed by atoms with Crippen LogP contribution in [0.2, 0.25) is 0 Å². The van der Waals surface area contributed by atoms with Crippen molar-refractivity contribution in [3.05, 3.63) is 28.7 Å². The second kappa shape index (κ2) is 7.49. The molecule has 1 fully saturated rings. The number of unbranched alkanes of at least 4 members (excludes halogenated alkanes) is 1. The summed E-state index contributed by atoms with van der Waals surface area (Å²) in [6.45, 7) is 2.03. The Balaban J connectivity index is 1.64. The van der Waals surface area contributed by atoms with Crippen LogP contribution in [-0.2, 0) is 0 Å². The molecule has 1 aliphatic rings. The van der Waals surface area contributed by atoms with Crippen molar-refractivity contribution in [2.75, 3.05) is 5.75 Å². The Kier molecular flexibility index (Phi) is 5.95. The quantitative estimate of drug-likeness (QED) is 0.541. The lowest BCUT2D eigenvalue weighted by Gasteiger charge is -2.23. The zero-order chi connectivity index (χ0) is 14.4. The summed E-state index contributed by atoms with van der Waals surface area (Å²) in [5, 5.41) is 12.8. The average Bonchev–Trinajstić information content (AvgIpc) is 3.22. The van der Waals surface area contributed by atoms with E-state index in [1.807, 2.05) is 24.8 Å². The summed E-state index contributed by atoms with van der Waals surface area (Å²) in [5.41, 5.74) is -0.332. The highest BCUT2D eigenvalue weighted by atomic mass is 79.9. The Bertz CT molecular complexity index is 482. The van der Waals surface area contributed by atoms with Crippen LogP contribution >= 0.6 is 27.7 Å². The normalized spacial score (nSPS) is 17.4. The van der Waals surface area contributed by atoms with Gasteiger partial charge in [-0.05, 0) is 63.0 Å². The second-order valence-corrected chi connectivity index (χ2v) is 7.71. The van der Waals surface area contributed by atoms with Gasteiger partial charge < -0.3 is 0 Å². The molecule has 1 atom stereocenters. The van der Waals surface area contributed by atoms with Gasteiger partial charge in [-0.1, -0.05) is 22.0 Å². The summed E-state index contributed by atoms with van der Waals surface area (Å²) in [6, 6.07) is 11.4. The fourth-order valence-corrected chi connectivity index (χ4v) is 3.69. The molecule has 1 saturated carbocycles. The molecule has 2 nitrogen and oxygen atoms in total. The number of halogens is 1. The van der Waals surface area contributed by atoms with Crippen LogP contribution in [0, 0.1) is 11.3 Å². The summed E-state index contributed by atoms with van der Waals surface area (Å²) in [6.07, 6.45) is 5.66. The Hall–Kier alpha value is -0.500. The van der Waals surface area contributed by atoms with Gasteiger partial charge in [-0.2, -0.15) is 5.26 Å². The maximum absolute atomic E-state index is 9.30. The summed E-state index contributed by atoms with van der Waals surface area (Å²) in [7, 11) is 0. The standard InChI is InChI=1S/C16H21BrN2S/c1-16(12-18,19-14-7-8-14)9-2-3-10-20-15-6-4-5-13(17)11-15/h4-6,11,14,19H,2-3,7-10H2,1H3.